The van der Waals surface area contributed by atoms with Gasteiger partial charge in [-0.25, -0.2) is 8.78 Å². The Kier molecular flexibility index (Phi) is 8.47. The van der Waals surface area contributed by atoms with Gasteiger partial charge >= 0.3 is 0 Å². The first kappa shape index (κ1) is 24.6. The van der Waals surface area contributed by atoms with Crippen LogP contribution >= 0.6 is 0 Å². The zero-order valence-electron chi connectivity index (χ0n) is 20.1. The van der Waals surface area contributed by atoms with E-state index in [0.29, 0.717) is 12.0 Å². The molecule has 0 aromatic heterocycles. The number of ether oxygens (including phenoxy) is 1. The van der Waals surface area contributed by atoms with Crippen LogP contribution in [0.2, 0.25) is 0 Å². The fraction of sp³-hybridized carbons (Fsp3) is 0.400. The van der Waals surface area contributed by atoms with Crippen molar-refractivity contribution in [3.05, 3.63) is 107 Å². The SMILES string of the molecule is CCC1(c2ccccc2)CCN(CCCCOC(c2ccc(F)cc2)c2ccc(F)cc2)CC1. The molecular formula is C30H35F2NO. The van der Waals surface area contributed by atoms with Crippen LogP contribution in [-0.2, 0) is 10.2 Å². The van der Waals surface area contributed by atoms with Crippen LogP contribution in [0.15, 0.2) is 78.9 Å². The summed E-state index contributed by atoms with van der Waals surface area (Å²) in [7, 11) is 0. The van der Waals surface area contributed by atoms with E-state index in [1.807, 2.05) is 0 Å². The predicted molar refractivity (Wildman–Crippen MR) is 134 cm³/mol. The number of likely N-dealkylation sites (tertiary alicyclic amines) is 1. The second-order valence-electron chi connectivity index (χ2n) is 9.40. The van der Waals surface area contributed by atoms with Gasteiger partial charge in [-0.1, -0.05) is 61.5 Å². The van der Waals surface area contributed by atoms with Crippen molar-refractivity contribution < 1.29 is 13.5 Å². The molecule has 4 rings (SSSR count). The topological polar surface area (TPSA) is 12.5 Å². The lowest BCUT2D eigenvalue weighted by atomic mass is 9.71. The molecule has 2 nitrogen and oxygen atoms in total. The molecular weight excluding hydrogens is 428 g/mol. The third-order valence-corrected chi connectivity index (χ3v) is 7.37. The fourth-order valence-electron chi connectivity index (χ4n) is 5.14. The molecule has 1 saturated heterocycles. The van der Waals surface area contributed by atoms with Gasteiger partial charge in [0.05, 0.1) is 0 Å². The van der Waals surface area contributed by atoms with Crippen LogP contribution in [0.5, 0.6) is 0 Å². The Balaban J connectivity index is 1.26. The van der Waals surface area contributed by atoms with Crippen molar-refractivity contribution in [3.63, 3.8) is 0 Å². The molecule has 1 aliphatic heterocycles. The lowest BCUT2D eigenvalue weighted by Crippen LogP contribution is -2.42. The fourth-order valence-corrected chi connectivity index (χ4v) is 5.14. The highest BCUT2D eigenvalue weighted by molar-refractivity contribution is 5.30. The number of piperidine rings is 1. The van der Waals surface area contributed by atoms with E-state index in [0.717, 1.165) is 43.6 Å². The largest absolute Gasteiger partial charge is 0.369 e. The van der Waals surface area contributed by atoms with E-state index in [1.54, 1.807) is 24.3 Å². The molecule has 0 unspecified atom stereocenters. The molecule has 1 aliphatic rings. The van der Waals surface area contributed by atoms with E-state index in [1.165, 1.54) is 49.1 Å². The van der Waals surface area contributed by atoms with Gasteiger partial charge in [0.1, 0.15) is 17.7 Å². The maximum absolute atomic E-state index is 13.4. The molecule has 1 heterocycles. The van der Waals surface area contributed by atoms with Gasteiger partial charge in [0.2, 0.25) is 0 Å². The molecule has 0 spiro atoms. The summed E-state index contributed by atoms with van der Waals surface area (Å²) in [4.78, 5) is 2.58. The summed E-state index contributed by atoms with van der Waals surface area (Å²) < 4.78 is 33.0. The molecule has 4 heteroatoms. The Morgan fingerprint density at radius 1 is 0.794 bits per heavy atom. The Morgan fingerprint density at radius 2 is 1.35 bits per heavy atom. The molecule has 0 amide bonds. The van der Waals surface area contributed by atoms with E-state index < -0.39 is 0 Å². The summed E-state index contributed by atoms with van der Waals surface area (Å²) in [5.41, 5.74) is 3.55. The van der Waals surface area contributed by atoms with Crippen molar-refractivity contribution in [2.24, 2.45) is 0 Å². The third-order valence-electron chi connectivity index (χ3n) is 7.37. The number of rotatable bonds is 10. The zero-order chi connectivity index (χ0) is 23.8. The van der Waals surface area contributed by atoms with Gasteiger partial charge in [-0.2, -0.15) is 0 Å². The van der Waals surface area contributed by atoms with Crippen molar-refractivity contribution in [1.29, 1.82) is 0 Å². The molecule has 0 N–H and O–H groups in total. The van der Waals surface area contributed by atoms with E-state index >= 15 is 0 Å². The van der Waals surface area contributed by atoms with Crippen molar-refractivity contribution in [1.82, 2.24) is 4.90 Å². The first-order valence-electron chi connectivity index (χ1n) is 12.5. The Bertz CT molecular complexity index is 951. The molecule has 1 fully saturated rings. The van der Waals surface area contributed by atoms with Gasteiger partial charge in [0.15, 0.2) is 0 Å². The molecule has 0 bridgehead atoms. The minimum absolute atomic E-state index is 0.275. The smallest absolute Gasteiger partial charge is 0.123 e. The van der Waals surface area contributed by atoms with Gasteiger partial charge in [-0.3, -0.25) is 0 Å². The van der Waals surface area contributed by atoms with Crippen molar-refractivity contribution >= 4 is 0 Å². The number of benzene rings is 3. The number of hydrogen-bond donors (Lipinski definition) is 0. The standard InChI is InChI=1S/C30H35F2NO/c1-2-30(26-8-4-3-5-9-26)18-21-33(22-19-30)20-6-7-23-34-29(24-10-14-27(31)15-11-24)25-12-16-28(32)17-13-25/h3-5,8-17,29H,2,6-7,18-23H2,1H3. The number of halogens is 2. The Morgan fingerprint density at radius 3 is 1.88 bits per heavy atom. The highest BCUT2D eigenvalue weighted by atomic mass is 19.1. The normalized spacial score (nSPS) is 16.1. The van der Waals surface area contributed by atoms with E-state index in [2.05, 4.69) is 42.2 Å². The monoisotopic (exact) mass is 463 g/mol. The summed E-state index contributed by atoms with van der Waals surface area (Å²) in [5.74, 6) is -0.551. The molecule has 180 valence electrons. The molecule has 3 aromatic carbocycles. The average Bonchev–Trinajstić information content (AvgIpc) is 2.89. The predicted octanol–water partition coefficient (Wildman–Crippen LogP) is 7.29. The number of unbranched alkanes of at least 4 members (excludes halogenated alkanes) is 1. The van der Waals surface area contributed by atoms with Crippen molar-refractivity contribution in [3.8, 4) is 0 Å². The maximum Gasteiger partial charge on any atom is 0.123 e. The van der Waals surface area contributed by atoms with Crippen LogP contribution in [0.3, 0.4) is 0 Å². The summed E-state index contributed by atoms with van der Waals surface area (Å²) >= 11 is 0. The number of hydrogen-bond acceptors (Lipinski definition) is 2. The van der Waals surface area contributed by atoms with Gasteiger partial charge in [-0.05, 0) is 98.1 Å². The highest BCUT2D eigenvalue weighted by Crippen LogP contribution is 2.38. The summed E-state index contributed by atoms with van der Waals surface area (Å²) in [6.07, 6.45) is 5.30. The highest BCUT2D eigenvalue weighted by Gasteiger charge is 2.34. The molecule has 34 heavy (non-hydrogen) atoms. The third kappa shape index (κ3) is 6.11. The molecule has 0 saturated carbocycles. The molecule has 3 aromatic rings. The molecule has 0 atom stereocenters. The van der Waals surface area contributed by atoms with E-state index in [9.17, 15) is 8.78 Å². The second-order valence-corrected chi connectivity index (χ2v) is 9.40. The minimum atomic E-state index is -0.327. The average molecular weight is 464 g/mol. The van der Waals surface area contributed by atoms with Gasteiger partial charge < -0.3 is 9.64 Å². The van der Waals surface area contributed by atoms with Gasteiger partial charge in [0, 0.05) is 6.61 Å². The van der Waals surface area contributed by atoms with Gasteiger partial charge in [0.25, 0.3) is 0 Å². The molecule has 0 aliphatic carbocycles. The summed E-state index contributed by atoms with van der Waals surface area (Å²) in [5, 5.41) is 0. The Hall–Kier alpha value is -2.56. The van der Waals surface area contributed by atoms with Crippen LogP contribution in [0, 0.1) is 11.6 Å². The van der Waals surface area contributed by atoms with Crippen LogP contribution < -0.4 is 0 Å². The zero-order valence-corrected chi connectivity index (χ0v) is 20.1. The van der Waals surface area contributed by atoms with Crippen molar-refractivity contribution in [2.45, 2.75) is 50.5 Å². The van der Waals surface area contributed by atoms with Crippen LogP contribution in [0.1, 0.15) is 61.8 Å². The minimum Gasteiger partial charge on any atom is -0.369 e. The summed E-state index contributed by atoms with van der Waals surface area (Å²) in [6.45, 7) is 6.28. The maximum atomic E-state index is 13.4. The van der Waals surface area contributed by atoms with Gasteiger partial charge in [-0.15, -0.1) is 0 Å². The van der Waals surface area contributed by atoms with Crippen LogP contribution in [0.4, 0.5) is 8.78 Å². The van der Waals surface area contributed by atoms with E-state index in [4.69, 9.17) is 4.74 Å². The molecule has 0 radical (unpaired) electrons. The van der Waals surface area contributed by atoms with Crippen LogP contribution in [-0.4, -0.2) is 31.1 Å². The summed E-state index contributed by atoms with van der Waals surface area (Å²) in [6, 6.07) is 23.7. The van der Waals surface area contributed by atoms with Crippen LogP contribution in [0.25, 0.3) is 0 Å². The first-order chi connectivity index (χ1) is 16.6. The second kappa shape index (κ2) is 11.7. The van der Waals surface area contributed by atoms with Crippen molar-refractivity contribution in [2.75, 3.05) is 26.2 Å². The lowest BCUT2D eigenvalue weighted by Gasteiger charge is -2.42. The first-order valence-corrected chi connectivity index (χ1v) is 12.5. The number of nitrogens with zero attached hydrogens (tertiary/aromatic N) is 1. The Labute approximate surface area is 202 Å². The lowest BCUT2D eigenvalue weighted by molar-refractivity contribution is 0.0734. The quantitative estimate of drug-likeness (QED) is 0.293. The van der Waals surface area contributed by atoms with E-state index in [-0.39, 0.29) is 17.7 Å².